The SMILES string of the molecule is CCCCCC1CCC(c2cc(O)c3c(c2O)C(=O)c2ccccc2C3=O)CC1. The lowest BCUT2D eigenvalue weighted by molar-refractivity contribution is 0.0974. The normalized spacial score (nSPS) is 21.0. The van der Waals surface area contributed by atoms with Crippen molar-refractivity contribution >= 4 is 11.6 Å². The van der Waals surface area contributed by atoms with E-state index in [2.05, 4.69) is 6.92 Å². The predicted octanol–water partition coefficient (Wildman–Crippen LogP) is 5.73. The number of hydrogen-bond donors (Lipinski definition) is 2. The molecule has 4 nitrogen and oxygen atoms in total. The molecule has 0 spiro atoms. The van der Waals surface area contributed by atoms with Crippen LogP contribution < -0.4 is 0 Å². The van der Waals surface area contributed by atoms with E-state index in [0.29, 0.717) is 5.56 Å². The summed E-state index contributed by atoms with van der Waals surface area (Å²) in [5.41, 5.74) is 1.07. The smallest absolute Gasteiger partial charge is 0.198 e. The van der Waals surface area contributed by atoms with Crippen LogP contribution in [0, 0.1) is 5.92 Å². The van der Waals surface area contributed by atoms with Crippen molar-refractivity contribution in [1.82, 2.24) is 0 Å². The van der Waals surface area contributed by atoms with Crippen LogP contribution in [-0.2, 0) is 0 Å². The Labute approximate surface area is 171 Å². The summed E-state index contributed by atoms with van der Waals surface area (Å²) in [7, 11) is 0. The first-order chi connectivity index (χ1) is 14.0. The zero-order chi connectivity index (χ0) is 20.5. The third-order valence-corrected chi connectivity index (χ3v) is 6.68. The molecule has 0 radical (unpaired) electrons. The van der Waals surface area contributed by atoms with Crippen molar-refractivity contribution in [3.63, 3.8) is 0 Å². The second-order valence-electron chi connectivity index (χ2n) is 8.50. The van der Waals surface area contributed by atoms with Gasteiger partial charge in [-0.3, -0.25) is 9.59 Å². The summed E-state index contributed by atoms with van der Waals surface area (Å²) in [5.74, 6) is -0.298. The van der Waals surface area contributed by atoms with Gasteiger partial charge >= 0.3 is 0 Å². The van der Waals surface area contributed by atoms with Gasteiger partial charge in [0.15, 0.2) is 11.6 Å². The predicted molar refractivity (Wildman–Crippen MR) is 112 cm³/mol. The van der Waals surface area contributed by atoms with Crippen molar-refractivity contribution in [1.29, 1.82) is 0 Å². The van der Waals surface area contributed by atoms with Gasteiger partial charge in [-0.25, -0.2) is 0 Å². The summed E-state index contributed by atoms with van der Waals surface area (Å²) >= 11 is 0. The van der Waals surface area contributed by atoms with Crippen LogP contribution in [0.1, 0.15) is 102 Å². The van der Waals surface area contributed by atoms with Crippen LogP contribution in [0.3, 0.4) is 0 Å². The number of carbonyl (C=O) groups is 2. The maximum absolute atomic E-state index is 13.0. The molecule has 2 aliphatic rings. The van der Waals surface area contributed by atoms with E-state index in [1.807, 2.05) is 0 Å². The first-order valence-electron chi connectivity index (χ1n) is 10.8. The standard InChI is InChI=1S/C25H28O4/c1-2-3-4-7-15-10-12-16(13-11-15)19-14-20(26)21-22(25(19)29)24(28)18-9-6-5-8-17(18)23(21)27/h5-6,8-9,14-16,26,29H,2-4,7,10-13H2,1H3. The van der Waals surface area contributed by atoms with Crippen LogP contribution in [-0.4, -0.2) is 21.8 Å². The molecule has 0 unspecified atom stereocenters. The van der Waals surface area contributed by atoms with Crippen LogP contribution in [0.15, 0.2) is 30.3 Å². The Balaban J connectivity index is 1.63. The van der Waals surface area contributed by atoms with E-state index in [0.717, 1.165) is 31.6 Å². The summed E-state index contributed by atoms with van der Waals surface area (Å²) < 4.78 is 0. The van der Waals surface area contributed by atoms with Gasteiger partial charge in [-0.1, -0.05) is 56.9 Å². The van der Waals surface area contributed by atoms with Gasteiger partial charge in [-0.2, -0.15) is 0 Å². The molecule has 4 heteroatoms. The number of benzene rings is 2. The van der Waals surface area contributed by atoms with Crippen molar-refractivity contribution in [2.24, 2.45) is 5.92 Å². The van der Waals surface area contributed by atoms with Gasteiger partial charge in [-0.15, -0.1) is 0 Å². The number of carbonyl (C=O) groups excluding carboxylic acids is 2. The first kappa shape index (κ1) is 19.7. The fourth-order valence-electron chi connectivity index (χ4n) is 5.03. The van der Waals surface area contributed by atoms with E-state index in [1.165, 1.54) is 31.7 Å². The second kappa shape index (κ2) is 8.02. The van der Waals surface area contributed by atoms with Crippen LogP contribution in [0.2, 0.25) is 0 Å². The Morgan fingerprint density at radius 3 is 2.14 bits per heavy atom. The molecule has 2 aromatic carbocycles. The molecule has 4 rings (SSSR count). The van der Waals surface area contributed by atoms with Crippen molar-refractivity contribution < 1.29 is 19.8 Å². The third-order valence-electron chi connectivity index (χ3n) is 6.68. The number of phenols is 2. The number of rotatable bonds is 5. The minimum Gasteiger partial charge on any atom is -0.507 e. The molecule has 0 saturated heterocycles. The molecule has 2 aromatic rings. The van der Waals surface area contributed by atoms with E-state index in [4.69, 9.17) is 0 Å². The Morgan fingerprint density at radius 2 is 1.52 bits per heavy atom. The van der Waals surface area contributed by atoms with Gasteiger partial charge in [0.05, 0.1) is 11.1 Å². The number of aromatic hydroxyl groups is 2. The summed E-state index contributed by atoms with van der Waals surface area (Å²) in [4.78, 5) is 25.9. The average Bonchev–Trinajstić information content (AvgIpc) is 2.74. The van der Waals surface area contributed by atoms with Gasteiger partial charge in [-0.05, 0) is 43.6 Å². The van der Waals surface area contributed by atoms with Gasteiger partial charge in [0, 0.05) is 16.7 Å². The quantitative estimate of drug-likeness (QED) is 0.430. The van der Waals surface area contributed by atoms with Gasteiger partial charge < -0.3 is 10.2 Å². The zero-order valence-corrected chi connectivity index (χ0v) is 16.9. The Morgan fingerprint density at radius 1 is 0.897 bits per heavy atom. The van der Waals surface area contributed by atoms with Crippen LogP contribution >= 0.6 is 0 Å². The molecule has 1 saturated carbocycles. The van der Waals surface area contributed by atoms with Crippen LogP contribution in [0.25, 0.3) is 0 Å². The molecule has 2 aliphatic carbocycles. The lowest BCUT2D eigenvalue weighted by atomic mass is 9.74. The maximum atomic E-state index is 13.0. The van der Waals surface area contributed by atoms with E-state index in [1.54, 1.807) is 24.3 Å². The van der Waals surface area contributed by atoms with Crippen molar-refractivity contribution in [3.05, 3.63) is 58.1 Å². The number of hydrogen-bond acceptors (Lipinski definition) is 4. The highest BCUT2D eigenvalue weighted by Crippen LogP contribution is 2.46. The molecule has 29 heavy (non-hydrogen) atoms. The van der Waals surface area contributed by atoms with Gasteiger partial charge in [0.2, 0.25) is 0 Å². The maximum Gasteiger partial charge on any atom is 0.198 e. The highest BCUT2D eigenvalue weighted by atomic mass is 16.3. The topological polar surface area (TPSA) is 74.6 Å². The lowest BCUT2D eigenvalue weighted by Gasteiger charge is -2.30. The number of phenolic OH excluding ortho intramolecular Hbond substituents is 2. The molecule has 0 bridgehead atoms. The monoisotopic (exact) mass is 392 g/mol. The van der Waals surface area contributed by atoms with Crippen LogP contribution in [0.5, 0.6) is 11.5 Å². The van der Waals surface area contributed by atoms with Crippen LogP contribution in [0.4, 0.5) is 0 Å². The van der Waals surface area contributed by atoms with E-state index < -0.39 is 11.6 Å². The molecular formula is C25H28O4. The Kier molecular flexibility index (Phi) is 5.44. The molecule has 0 aromatic heterocycles. The summed E-state index contributed by atoms with van der Waals surface area (Å²) in [6.07, 6.45) is 9.09. The molecule has 2 N–H and O–H groups in total. The zero-order valence-electron chi connectivity index (χ0n) is 16.9. The highest BCUT2D eigenvalue weighted by Gasteiger charge is 2.37. The minimum atomic E-state index is -0.408. The third kappa shape index (κ3) is 3.45. The van der Waals surface area contributed by atoms with E-state index in [9.17, 15) is 19.8 Å². The molecule has 0 atom stereocenters. The molecule has 152 valence electrons. The van der Waals surface area contributed by atoms with Gasteiger partial charge in [0.1, 0.15) is 11.5 Å². The first-order valence-corrected chi connectivity index (χ1v) is 10.8. The van der Waals surface area contributed by atoms with E-state index >= 15 is 0 Å². The molecular weight excluding hydrogens is 364 g/mol. The molecule has 1 fully saturated rings. The summed E-state index contributed by atoms with van der Waals surface area (Å²) in [6, 6.07) is 8.09. The minimum absolute atomic E-state index is 0.0335. The Bertz CT molecular complexity index is 952. The van der Waals surface area contributed by atoms with Crippen molar-refractivity contribution in [2.75, 3.05) is 0 Å². The number of unbranched alkanes of at least 4 members (excludes halogenated alkanes) is 2. The van der Waals surface area contributed by atoms with Crippen molar-refractivity contribution in [2.45, 2.75) is 64.2 Å². The largest absolute Gasteiger partial charge is 0.507 e. The molecule has 0 aliphatic heterocycles. The van der Waals surface area contributed by atoms with Crippen molar-refractivity contribution in [3.8, 4) is 11.5 Å². The lowest BCUT2D eigenvalue weighted by Crippen LogP contribution is -2.22. The van der Waals surface area contributed by atoms with Gasteiger partial charge in [0.25, 0.3) is 0 Å². The summed E-state index contributed by atoms with van der Waals surface area (Å²) in [5, 5.41) is 21.6. The second-order valence-corrected chi connectivity index (χ2v) is 8.50. The number of ketones is 2. The fourth-order valence-corrected chi connectivity index (χ4v) is 5.03. The molecule has 0 amide bonds. The average molecular weight is 392 g/mol. The summed E-state index contributed by atoms with van der Waals surface area (Å²) in [6.45, 7) is 2.21. The Hall–Kier alpha value is -2.62. The number of fused-ring (bicyclic) bond motifs is 2. The molecule has 0 heterocycles. The van der Waals surface area contributed by atoms with E-state index in [-0.39, 0.29) is 39.7 Å². The fraction of sp³-hybridized carbons (Fsp3) is 0.440. The highest BCUT2D eigenvalue weighted by molar-refractivity contribution is 6.30.